The summed E-state index contributed by atoms with van der Waals surface area (Å²) in [5.74, 6) is 0.128. The molecule has 2 aromatic rings. The van der Waals surface area contributed by atoms with Gasteiger partial charge in [-0.1, -0.05) is 23.8 Å². The Morgan fingerprint density at radius 3 is 2.39 bits per heavy atom. The number of carbonyl (C=O) groups is 1. The van der Waals surface area contributed by atoms with Gasteiger partial charge in [-0.2, -0.15) is 0 Å². The third-order valence-corrected chi connectivity index (χ3v) is 3.09. The number of carbonyl (C=O) groups excluding carboxylic acids is 1. The summed E-state index contributed by atoms with van der Waals surface area (Å²) in [4.78, 5) is 12.1. The van der Waals surface area contributed by atoms with Crippen LogP contribution in [0, 0.1) is 13.8 Å². The molecule has 0 radical (unpaired) electrons. The second kappa shape index (κ2) is 5.05. The minimum Gasteiger partial charge on any atom is -0.399 e. The lowest BCUT2D eigenvalue weighted by Gasteiger charge is -2.07. The van der Waals surface area contributed by atoms with E-state index in [9.17, 15) is 4.79 Å². The van der Waals surface area contributed by atoms with Crippen molar-refractivity contribution in [1.29, 1.82) is 0 Å². The predicted molar refractivity (Wildman–Crippen MR) is 74.8 cm³/mol. The lowest BCUT2D eigenvalue weighted by Crippen LogP contribution is -2.05. The molecule has 0 fully saturated rings. The first-order valence-corrected chi connectivity index (χ1v) is 6.01. The van der Waals surface area contributed by atoms with Crippen LogP contribution in [0.1, 0.15) is 27.0 Å². The second-order valence-electron chi connectivity index (χ2n) is 4.65. The third kappa shape index (κ3) is 2.77. The molecule has 0 atom stereocenters. The topological polar surface area (TPSA) is 43.1 Å². The Labute approximate surface area is 107 Å². The number of anilines is 1. The molecule has 0 unspecified atom stereocenters. The number of aryl methyl sites for hydroxylation is 2. The summed E-state index contributed by atoms with van der Waals surface area (Å²) in [5.41, 5.74) is 10.4. The molecule has 2 N–H and O–H groups in total. The van der Waals surface area contributed by atoms with E-state index < -0.39 is 0 Å². The molecule has 0 aliphatic carbocycles. The van der Waals surface area contributed by atoms with Crippen molar-refractivity contribution in [2.24, 2.45) is 0 Å². The van der Waals surface area contributed by atoms with Gasteiger partial charge in [0.05, 0.1) is 0 Å². The number of hydrogen-bond donors (Lipinski definition) is 1. The van der Waals surface area contributed by atoms with E-state index in [1.165, 1.54) is 5.56 Å². The van der Waals surface area contributed by atoms with Gasteiger partial charge in [-0.25, -0.2) is 0 Å². The molecule has 0 amide bonds. The summed E-state index contributed by atoms with van der Waals surface area (Å²) in [5, 5.41) is 0. The van der Waals surface area contributed by atoms with Gasteiger partial charge < -0.3 is 5.73 Å². The molecule has 2 aromatic carbocycles. The first kappa shape index (κ1) is 12.4. The number of nitrogen functional groups attached to an aromatic ring is 1. The van der Waals surface area contributed by atoms with E-state index >= 15 is 0 Å². The van der Waals surface area contributed by atoms with Gasteiger partial charge in [0.1, 0.15) is 0 Å². The van der Waals surface area contributed by atoms with Gasteiger partial charge in [-0.15, -0.1) is 0 Å². The molecule has 0 aliphatic heterocycles. The van der Waals surface area contributed by atoms with Crippen LogP contribution < -0.4 is 5.73 Å². The second-order valence-corrected chi connectivity index (χ2v) is 4.65. The van der Waals surface area contributed by atoms with E-state index in [1.54, 1.807) is 24.3 Å². The molecule has 18 heavy (non-hydrogen) atoms. The standard InChI is InChI=1S/C16H17NO/c1-11-3-4-12(2)14(9-11)10-16(18)13-5-7-15(17)8-6-13/h3-9H,10,17H2,1-2H3. The zero-order valence-corrected chi connectivity index (χ0v) is 10.7. The molecule has 0 heterocycles. The van der Waals surface area contributed by atoms with Crippen molar-refractivity contribution in [2.45, 2.75) is 20.3 Å². The SMILES string of the molecule is Cc1ccc(C)c(CC(=O)c2ccc(N)cc2)c1. The number of benzene rings is 2. The van der Waals surface area contributed by atoms with Gasteiger partial charge in [-0.05, 0) is 49.2 Å². The maximum Gasteiger partial charge on any atom is 0.167 e. The number of nitrogens with two attached hydrogens (primary N) is 1. The van der Waals surface area contributed by atoms with E-state index in [0.29, 0.717) is 17.7 Å². The smallest absolute Gasteiger partial charge is 0.167 e. The molecular formula is C16H17NO. The highest BCUT2D eigenvalue weighted by atomic mass is 16.1. The summed E-state index contributed by atoms with van der Waals surface area (Å²) in [7, 11) is 0. The average Bonchev–Trinajstić information content (AvgIpc) is 2.34. The molecule has 2 nitrogen and oxygen atoms in total. The molecule has 2 heteroatoms. The summed E-state index contributed by atoms with van der Waals surface area (Å²) < 4.78 is 0. The Bertz CT molecular complexity index is 570. The quantitative estimate of drug-likeness (QED) is 0.659. The van der Waals surface area contributed by atoms with Crippen molar-refractivity contribution in [3.05, 3.63) is 64.7 Å². The number of Topliss-reactive ketones (excluding diaryl/α,β-unsaturated/α-hetero) is 1. The van der Waals surface area contributed by atoms with Crippen LogP contribution in [0.5, 0.6) is 0 Å². The molecule has 0 aliphatic rings. The molecule has 0 saturated carbocycles. The molecule has 2 rings (SSSR count). The normalized spacial score (nSPS) is 10.3. The zero-order chi connectivity index (χ0) is 13.1. The fourth-order valence-corrected chi connectivity index (χ4v) is 1.93. The highest BCUT2D eigenvalue weighted by Crippen LogP contribution is 2.15. The van der Waals surface area contributed by atoms with Crippen molar-refractivity contribution < 1.29 is 4.79 Å². The first-order chi connectivity index (χ1) is 8.56. The molecule has 0 aromatic heterocycles. The van der Waals surface area contributed by atoms with Crippen LogP contribution in [0.15, 0.2) is 42.5 Å². The van der Waals surface area contributed by atoms with E-state index in [-0.39, 0.29) is 5.78 Å². The average molecular weight is 239 g/mol. The summed E-state index contributed by atoms with van der Waals surface area (Å²) in [6, 6.07) is 13.3. The van der Waals surface area contributed by atoms with Gasteiger partial charge in [0, 0.05) is 17.7 Å². The van der Waals surface area contributed by atoms with E-state index in [4.69, 9.17) is 5.73 Å². The summed E-state index contributed by atoms with van der Waals surface area (Å²) in [6.07, 6.45) is 0.442. The Hall–Kier alpha value is -2.09. The molecule has 0 saturated heterocycles. The zero-order valence-electron chi connectivity index (χ0n) is 10.7. The Morgan fingerprint density at radius 2 is 1.72 bits per heavy atom. The lowest BCUT2D eigenvalue weighted by molar-refractivity contribution is 0.0993. The monoisotopic (exact) mass is 239 g/mol. The minimum absolute atomic E-state index is 0.128. The van der Waals surface area contributed by atoms with E-state index in [2.05, 4.69) is 18.2 Å². The van der Waals surface area contributed by atoms with E-state index in [0.717, 1.165) is 11.1 Å². The lowest BCUT2D eigenvalue weighted by atomic mass is 9.98. The number of ketones is 1. The van der Waals surface area contributed by atoms with Crippen LogP contribution in [-0.2, 0) is 6.42 Å². The largest absolute Gasteiger partial charge is 0.399 e. The van der Waals surface area contributed by atoms with Crippen LogP contribution >= 0.6 is 0 Å². The fourth-order valence-electron chi connectivity index (χ4n) is 1.93. The predicted octanol–water partition coefficient (Wildman–Crippen LogP) is 3.31. The van der Waals surface area contributed by atoms with Crippen LogP contribution in [-0.4, -0.2) is 5.78 Å². The Balaban J connectivity index is 2.21. The van der Waals surface area contributed by atoms with Gasteiger partial charge in [-0.3, -0.25) is 4.79 Å². The van der Waals surface area contributed by atoms with E-state index in [1.807, 2.05) is 13.8 Å². The van der Waals surface area contributed by atoms with Crippen molar-refractivity contribution in [1.82, 2.24) is 0 Å². The fraction of sp³-hybridized carbons (Fsp3) is 0.188. The van der Waals surface area contributed by atoms with Gasteiger partial charge in [0.25, 0.3) is 0 Å². The maximum absolute atomic E-state index is 12.1. The van der Waals surface area contributed by atoms with Crippen molar-refractivity contribution >= 4 is 11.5 Å². The van der Waals surface area contributed by atoms with Crippen molar-refractivity contribution in [3.8, 4) is 0 Å². The van der Waals surface area contributed by atoms with Gasteiger partial charge in [0.2, 0.25) is 0 Å². The Kier molecular flexibility index (Phi) is 3.47. The van der Waals surface area contributed by atoms with Crippen LogP contribution in [0.2, 0.25) is 0 Å². The summed E-state index contributed by atoms with van der Waals surface area (Å²) >= 11 is 0. The van der Waals surface area contributed by atoms with Crippen LogP contribution in [0.3, 0.4) is 0 Å². The number of rotatable bonds is 3. The van der Waals surface area contributed by atoms with Crippen LogP contribution in [0.4, 0.5) is 5.69 Å². The number of hydrogen-bond acceptors (Lipinski definition) is 2. The molecule has 0 bridgehead atoms. The van der Waals surface area contributed by atoms with Gasteiger partial charge in [0.15, 0.2) is 5.78 Å². The van der Waals surface area contributed by atoms with Crippen LogP contribution in [0.25, 0.3) is 0 Å². The maximum atomic E-state index is 12.1. The minimum atomic E-state index is 0.128. The molecular weight excluding hydrogens is 222 g/mol. The summed E-state index contributed by atoms with van der Waals surface area (Å²) in [6.45, 7) is 4.07. The highest BCUT2D eigenvalue weighted by Gasteiger charge is 2.08. The Morgan fingerprint density at radius 1 is 1.06 bits per heavy atom. The van der Waals surface area contributed by atoms with Gasteiger partial charge >= 0.3 is 0 Å². The third-order valence-electron chi connectivity index (χ3n) is 3.09. The van der Waals surface area contributed by atoms with Crippen molar-refractivity contribution in [2.75, 3.05) is 5.73 Å². The molecule has 92 valence electrons. The first-order valence-electron chi connectivity index (χ1n) is 6.01. The van der Waals surface area contributed by atoms with Crippen molar-refractivity contribution in [3.63, 3.8) is 0 Å². The highest BCUT2D eigenvalue weighted by molar-refractivity contribution is 5.97. The molecule has 0 spiro atoms.